The highest BCUT2D eigenvalue weighted by Crippen LogP contribution is 2.15. The number of benzene rings is 1. The summed E-state index contributed by atoms with van der Waals surface area (Å²) in [5, 5.41) is 6.75. The molecule has 0 spiro atoms. The van der Waals surface area contributed by atoms with Crippen molar-refractivity contribution in [1.29, 1.82) is 0 Å². The first-order chi connectivity index (χ1) is 13.2. The fourth-order valence-corrected chi connectivity index (χ4v) is 3.16. The molecule has 1 aliphatic heterocycles. The van der Waals surface area contributed by atoms with Crippen LogP contribution in [0.25, 0.3) is 0 Å². The normalized spacial score (nSPS) is 15.4. The fourth-order valence-electron chi connectivity index (χ4n) is 3.16. The van der Waals surface area contributed by atoms with E-state index in [2.05, 4.69) is 53.7 Å². The number of rotatable bonds is 10. The zero-order valence-electron chi connectivity index (χ0n) is 17.7. The van der Waals surface area contributed by atoms with Gasteiger partial charge in [0.2, 0.25) is 0 Å². The lowest BCUT2D eigenvalue weighted by atomic mass is 10.0. The van der Waals surface area contributed by atoms with E-state index in [1.165, 1.54) is 11.1 Å². The minimum absolute atomic E-state index is 0. The Morgan fingerprint density at radius 2 is 1.75 bits per heavy atom. The summed E-state index contributed by atoms with van der Waals surface area (Å²) in [5.74, 6) is 1.47. The Morgan fingerprint density at radius 1 is 1.11 bits per heavy atom. The molecule has 1 aromatic rings. The zero-order chi connectivity index (χ0) is 19.3. The lowest BCUT2D eigenvalue weighted by molar-refractivity contribution is -0.0320. The molecule has 0 aromatic heterocycles. The van der Waals surface area contributed by atoms with Gasteiger partial charge in [0.05, 0.1) is 6.10 Å². The van der Waals surface area contributed by atoms with Crippen molar-refractivity contribution in [3.63, 3.8) is 0 Å². The zero-order valence-corrected chi connectivity index (χ0v) is 20.0. The Labute approximate surface area is 188 Å². The number of hydrogen-bond donors (Lipinski definition) is 2. The summed E-state index contributed by atoms with van der Waals surface area (Å²) in [6.45, 7) is 8.72. The molecular formula is C22H38IN3O2. The third-order valence-electron chi connectivity index (χ3n) is 4.94. The summed E-state index contributed by atoms with van der Waals surface area (Å²) in [7, 11) is 1.82. The molecule has 1 aliphatic rings. The van der Waals surface area contributed by atoms with Gasteiger partial charge in [0, 0.05) is 40.0 Å². The van der Waals surface area contributed by atoms with Crippen molar-refractivity contribution in [2.24, 2.45) is 4.99 Å². The Balaban J connectivity index is 0.00000392. The van der Waals surface area contributed by atoms with E-state index in [-0.39, 0.29) is 24.0 Å². The molecule has 28 heavy (non-hydrogen) atoms. The number of nitrogens with zero attached hydrogens (tertiary/aromatic N) is 1. The molecule has 0 atom stereocenters. The van der Waals surface area contributed by atoms with E-state index >= 15 is 0 Å². The maximum Gasteiger partial charge on any atom is 0.190 e. The molecule has 0 unspecified atom stereocenters. The van der Waals surface area contributed by atoms with Crippen molar-refractivity contribution < 1.29 is 9.47 Å². The van der Waals surface area contributed by atoms with E-state index in [9.17, 15) is 0 Å². The molecule has 0 bridgehead atoms. The summed E-state index contributed by atoms with van der Waals surface area (Å²) in [4.78, 5) is 4.29. The van der Waals surface area contributed by atoms with Crippen LogP contribution in [-0.4, -0.2) is 52.0 Å². The van der Waals surface area contributed by atoms with Crippen LogP contribution < -0.4 is 10.6 Å². The second kappa shape index (κ2) is 15.0. The van der Waals surface area contributed by atoms with Crippen LogP contribution in [0.5, 0.6) is 0 Å². The van der Waals surface area contributed by atoms with Crippen LogP contribution in [0.2, 0.25) is 0 Å². The summed E-state index contributed by atoms with van der Waals surface area (Å²) < 4.78 is 11.2. The highest BCUT2D eigenvalue weighted by Gasteiger charge is 2.13. The predicted octanol–water partition coefficient (Wildman–Crippen LogP) is 4.11. The molecule has 0 amide bonds. The van der Waals surface area contributed by atoms with Gasteiger partial charge in [-0.1, -0.05) is 38.1 Å². The molecular weight excluding hydrogens is 465 g/mol. The number of hydrogen-bond acceptors (Lipinski definition) is 3. The van der Waals surface area contributed by atoms with Crippen molar-refractivity contribution in [2.75, 3.05) is 40.0 Å². The standard InChI is InChI=1S/C22H37N3O2.HI/c1-18(2)20-9-7-19(8-10-20)6-4-13-24-22(23-3)25-14-5-15-27-21-11-16-26-17-12-21;/h7-10,18,21H,4-6,11-17H2,1-3H3,(H2,23,24,25);1H. The Morgan fingerprint density at radius 3 is 2.36 bits per heavy atom. The summed E-state index contributed by atoms with van der Waals surface area (Å²) in [5.41, 5.74) is 2.80. The van der Waals surface area contributed by atoms with E-state index < -0.39 is 0 Å². The minimum atomic E-state index is 0. The van der Waals surface area contributed by atoms with Gasteiger partial charge in [0.15, 0.2) is 5.96 Å². The van der Waals surface area contributed by atoms with E-state index in [4.69, 9.17) is 9.47 Å². The van der Waals surface area contributed by atoms with Crippen LogP contribution in [0, 0.1) is 0 Å². The SMILES string of the molecule is CN=C(NCCCOC1CCOCC1)NCCCc1ccc(C(C)C)cc1.I. The van der Waals surface area contributed by atoms with Crippen LogP contribution in [0.3, 0.4) is 0 Å². The third kappa shape index (κ3) is 10.1. The largest absolute Gasteiger partial charge is 0.381 e. The van der Waals surface area contributed by atoms with Gasteiger partial charge in [-0.3, -0.25) is 4.99 Å². The minimum Gasteiger partial charge on any atom is -0.381 e. The molecule has 1 aromatic carbocycles. The van der Waals surface area contributed by atoms with E-state index in [1.807, 2.05) is 7.05 Å². The van der Waals surface area contributed by atoms with Crippen molar-refractivity contribution in [3.05, 3.63) is 35.4 Å². The summed E-state index contributed by atoms with van der Waals surface area (Å²) in [6, 6.07) is 8.99. The molecule has 0 saturated carbocycles. The molecule has 0 radical (unpaired) electrons. The number of nitrogens with one attached hydrogen (secondary N) is 2. The lowest BCUT2D eigenvalue weighted by Crippen LogP contribution is -2.38. The first-order valence-corrected chi connectivity index (χ1v) is 10.4. The maximum atomic E-state index is 5.89. The molecule has 1 saturated heterocycles. The van der Waals surface area contributed by atoms with Gasteiger partial charge in [-0.2, -0.15) is 0 Å². The number of guanidine groups is 1. The van der Waals surface area contributed by atoms with Crippen LogP contribution in [0.15, 0.2) is 29.3 Å². The Kier molecular flexibility index (Phi) is 13.5. The second-order valence-electron chi connectivity index (χ2n) is 7.46. The Bertz CT molecular complexity index is 543. The van der Waals surface area contributed by atoms with Gasteiger partial charge in [0.1, 0.15) is 0 Å². The molecule has 2 rings (SSSR count). The molecule has 1 heterocycles. The van der Waals surface area contributed by atoms with Crippen molar-refractivity contribution >= 4 is 29.9 Å². The number of halogens is 1. The molecule has 2 N–H and O–H groups in total. The second-order valence-corrected chi connectivity index (χ2v) is 7.46. The number of ether oxygens (including phenoxy) is 2. The van der Waals surface area contributed by atoms with Gasteiger partial charge in [0.25, 0.3) is 0 Å². The smallest absolute Gasteiger partial charge is 0.190 e. The third-order valence-corrected chi connectivity index (χ3v) is 4.94. The first kappa shape index (κ1) is 25.2. The summed E-state index contributed by atoms with van der Waals surface area (Å²) in [6.07, 6.45) is 5.59. The molecule has 5 nitrogen and oxygen atoms in total. The number of aliphatic imine (C=N–C) groups is 1. The van der Waals surface area contributed by atoms with Crippen molar-refractivity contribution in [1.82, 2.24) is 10.6 Å². The van der Waals surface area contributed by atoms with Gasteiger partial charge in [-0.15, -0.1) is 24.0 Å². The lowest BCUT2D eigenvalue weighted by Gasteiger charge is -2.22. The predicted molar refractivity (Wildman–Crippen MR) is 128 cm³/mol. The Hall–Kier alpha value is -0.860. The molecule has 0 aliphatic carbocycles. The van der Waals surface area contributed by atoms with Gasteiger partial charge in [-0.25, -0.2) is 0 Å². The average Bonchev–Trinajstić information content (AvgIpc) is 2.70. The van der Waals surface area contributed by atoms with E-state index in [1.54, 1.807) is 0 Å². The van der Waals surface area contributed by atoms with Crippen molar-refractivity contribution in [3.8, 4) is 0 Å². The topological polar surface area (TPSA) is 54.9 Å². The van der Waals surface area contributed by atoms with Crippen molar-refractivity contribution in [2.45, 2.75) is 58.0 Å². The molecule has 160 valence electrons. The quantitative estimate of drug-likeness (QED) is 0.219. The average molecular weight is 503 g/mol. The van der Waals surface area contributed by atoms with Gasteiger partial charge in [-0.05, 0) is 49.1 Å². The van der Waals surface area contributed by atoms with E-state index in [0.717, 1.165) is 71.0 Å². The van der Waals surface area contributed by atoms with Crippen LogP contribution in [-0.2, 0) is 15.9 Å². The van der Waals surface area contributed by atoms with Gasteiger partial charge < -0.3 is 20.1 Å². The van der Waals surface area contributed by atoms with Gasteiger partial charge >= 0.3 is 0 Å². The fraction of sp³-hybridized carbons (Fsp3) is 0.682. The van der Waals surface area contributed by atoms with E-state index in [0.29, 0.717) is 12.0 Å². The van der Waals surface area contributed by atoms with Crippen LogP contribution in [0.4, 0.5) is 0 Å². The van der Waals surface area contributed by atoms with Crippen LogP contribution >= 0.6 is 24.0 Å². The molecule has 6 heteroatoms. The number of aryl methyl sites for hydroxylation is 1. The maximum absolute atomic E-state index is 5.89. The van der Waals surface area contributed by atoms with Crippen LogP contribution in [0.1, 0.15) is 56.6 Å². The monoisotopic (exact) mass is 503 g/mol. The first-order valence-electron chi connectivity index (χ1n) is 10.4. The highest BCUT2D eigenvalue weighted by molar-refractivity contribution is 14.0. The molecule has 1 fully saturated rings. The summed E-state index contributed by atoms with van der Waals surface area (Å²) >= 11 is 0. The highest BCUT2D eigenvalue weighted by atomic mass is 127.